The van der Waals surface area contributed by atoms with E-state index in [2.05, 4.69) is 18.8 Å². The van der Waals surface area contributed by atoms with E-state index in [4.69, 9.17) is 10.2 Å². The quantitative estimate of drug-likeness (QED) is 0.802. The van der Waals surface area contributed by atoms with Crippen molar-refractivity contribution in [2.45, 2.75) is 45.1 Å². The van der Waals surface area contributed by atoms with E-state index in [1.165, 1.54) is 19.3 Å². The standard InChI is InChI=1S/C11H18N2O/c1-11(2,8-4-3-5-8)9-7-13-10(6-12)14-9/h7-8H,3-6,12H2,1-2H3. The van der Waals surface area contributed by atoms with Crippen molar-refractivity contribution in [2.75, 3.05) is 0 Å². The molecule has 0 unspecified atom stereocenters. The molecule has 1 aromatic rings. The van der Waals surface area contributed by atoms with E-state index in [9.17, 15) is 0 Å². The van der Waals surface area contributed by atoms with E-state index >= 15 is 0 Å². The van der Waals surface area contributed by atoms with Crippen molar-refractivity contribution < 1.29 is 4.42 Å². The third kappa shape index (κ3) is 1.46. The molecular weight excluding hydrogens is 176 g/mol. The van der Waals surface area contributed by atoms with E-state index in [1.54, 1.807) is 0 Å². The van der Waals surface area contributed by atoms with Crippen LogP contribution >= 0.6 is 0 Å². The third-order valence-electron chi connectivity index (χ3n) is 3.49. The molecule has 0 aliphatic heterocycles. The smallest absolute Gasteiger partial charge is 0.208 e. The highest BCUT2D eigenvalue weighted by atomic mass is 16.4. The van der Waals surface area contributed by atoms with Gasteiger partial charge in [0, 0.05) is 5.41 Å². The van der Waals surface area contributed by atoms with Gasteiger partial charge in [-0.05, 0) is 18.8 Å². The normalized spacial score (nSPS) is 18.2. The number of rotatable bonds is 3. The molecule has 2 N–H and O–H groups in total. The fourth-order valence-electron chi connectivity index (χ4n) is 2.03. The highest BCUT2D eigenvalue weighted by Crippen LogP contribution is 2.43. The lowest BCUT2D eigenvalue weighted by Crippen LogP contribution is -2.33. The first-order valence-electron chi connectivity index (χ1n) is 5.30. The molecule has 1 fully saturated rings. The van der Waals surface area contributed by atoms with Crippen LogP contribution in [0.2, 0.25) is 0 Å². The van der Waals surface area contributed by atoms with E-state index in [0.29, 0.717) is 12.4 Å². The van der Waals surface area contributed by atoms with Gasteiger partial charge in [-0.1, -0.05) is 20.3 Å². The first-order chi connectivity index (χ1) is 6.64. The van der Waals surface area contributed by atoms with Crippen LogP contribution in [0.4, 0.5) is 0 Å². The highest BCUT2D eigenvalue weighted by Gasteiger charge is 2.37. The van der Waals surface area contributed by atoms with Gasteiger partial charge in [0.2, 0.25) is 5.89 Å². The Bertz CT molecular complexity index is 313. The Labute approximate surface area is 84.7 Å². The number of nitrogens with zero attached hydrogens (tertiary/aromatic N) is 1. The summed E-state index contributed by atoms with van der Waals surface area (Å²) in [6.45, 7) is 4.86. The van der Waals surface area contributed by atoms with E-state index in [1.807, 2.05) is 6.20 Å². The second kappa shape index (κ2) is 3.39. The van der Waals surface area contributed by atoms with Crippen LogP contribution in [-0.2, 0) is 12.0 Å². The molecule has 3 nitrogen and oxygen atoms in total. The second-order valence-electron chi connectivity index (χ2n) is 4.67. The molecule has 0 aromatic carbocycles. The van der Waals surface area contributed by atoms with Crippen LogP contribution in [0, 0.1) is 5.92 Å². The number of hydrogen-bond donors (Lipinski definition) is 1. The van der Waals surface area contributed by atoms with Crippen LogP contribution in [0.5, 0.6) is 0 Å². The molecule has 1 aromatic heterocycles. The number of hydrogen-bond acceptors (Lipinski definition) is 3. The zero-order valence-electron chi connectivity index (χ0n) is 8.92. The molecule has 2 rings (SSSR count). The summed E-state index contributed by atoms with van der Waals surface area (Å²) in [6.07, 6.45) is 5.81. The Morgan fingerprint density at radius 2 is 2.29 bits per heavy atom. The monoisotopic (exact) mass is 194 g/mol. The van der Waals surface area contributed by atoms with Crippen molar-refractivity contribution in [3.05, 3.63) is 17.8 Å². The summed E-state index contributed by atoms with van der Waals surface area (Å²) >= 11 is 0. The van der Waals surface area contributed by atoms with Gasteiger partial charge < -0.3 is 10.2 Å². The summed E-state index contributed by atoms with van der Waals surface area (Å²) in [5, 5.41) is 0. The molecule has 0 radical (unpaired) electrons. The van der Waals surface area contributed by atoms with Gasteiger partial charge in [0.1, 0.15) is 5.76 Å². The Hall–Kier alpha value is -0.830. The van der Waals surface area contributed by atoms with Crippen LogP contribution in [0.25, 0.3) is 0 Å². The minimum absolute atomic E-state index is 0.124. The topological polar surface area (TPSA) is 52.0 Å². The van der Waals surface area contributed by atoms with Gasteiger partial charge in [0.15, 0.2) is 0 Å². The average Bonchev–Trinajstić information content (AvgIpc) is 2.47. The Morgan fingerprint density at radius 1 is 1.57 bits per heavy atom. The van der Waals surface area contributed by atoms with Crippen molar-refractivity contribution in [3.8, 4) is 0 Å². The fraction of sp³-hybridized carbons (Fsp3) is 0.727. The van der Waals surface area contributed by atoms with Crippen LogP contribution < -0.4 is 5.73 Å². The Kier molecular flexibility index (Phi) is 2.35. The molecule has 78 valence electrons. The van der Waals surface area contributed by atoms with Crippen molar-refractivity contribution in [1.82, 2.24) is 4.98 Å². The van der Waals surface area contributed by atoms with Gasteiger partial charge in [0.25, 0.3) is 0 Å². The van der Waals surface area contributed by atoms with Crippen LogP contribution in [0.1, 0.15) is 44.8 Å². The molecule has 14 heavy (non-hydrogen) atoms. The molecule has 3 heteroatoms. The molecule has 1 aliphatic carbocycles. The number of oxazole rings is 1. The lowest BCUT2D eigenvalue weighted by atomic mass is 9.66. The maximum Gasteiger partial charge on any atom is 0.208 e. The van der Waals surface area contributed by atoms with Crippen molar-refractivity contribution in [3.63, 3.8) is 0 Å². The molecule has 0 saturated heterocycles. The predicted molar refractivity (Wildman–Crippen MR) is 54.8 cm³/mol. The van der Waals surface area contributed by atoms with Crippen LogP contribution in [0.15, 0.2) is 10.6 Å². The summed E-state index contributed by atoms with van der Waals surface area (Å²) in [6, 6.07) is 0. The Morgan fingerprint density at radius 3 is 2.71 bits per heavy atom. The molecule has 0 bridgehead atoms. The summed E-state index contributed by atoms with van der Waals surface area (Å²) in [5.41, 5.74) is 5.60. The Balaban J connectivity index is 2.19. The number of aromatic nitrogens is 1. The van der Waals surface area contributed by atoms with Gasteiger partial charge in [-0.2, -0.15) is 0 Å². The minimum atomic E-state index is 0.124. The van der Waals surface area contributed by atoms with Gasteiger partial charge >= 0.3 is 0 Å². The molecule has 1 heterocycles. The third-order valence-corrected chi connectivity index (χ3v) is 3.49. The number of nitrogens with two attached hydrogens (primary N) is 1. The van der Waals surface area contributed by atoms with Crippen molar-refractivity contribution in [1.29, 1.82) is 0 Å². The van der Waals surface area contributed by atoms with E-state index < -0.39 is 0 Å². The van der Waals surface area contributed by atoms with Gasteiger partial charge in [0.05, 0.1) is 12.7 Å². The second-order valence-corrected chi connectivity index (χ2v) is 4.67. The van der Waals surface area contributed by atoms with E-state index in [-0.39, 0.29) is 5.41 Å². The summed E-state index contributed by atoms with van der Waals surface area (Å²) < 4.78 is 5.62. The average molecular weight is 194 g/mol. The maximum atomic E-state index is 5.62. The summed E-state index contributed by atoms with van der Waals surface area (Å²) in [7, 11) is 0. The SMILES string of the molecule is CC(C)(c1cnc(CN)o1)C1CCC1. The van der Waals surface area contributed by atoms with Crippen molar-refractivity contribution in [2.24, 2.45) is 11.7 Å². The molecular formula is C11H18N2O. The lowest BCUT2D eigenvalue weighted by Gasteiger charge is -2.38. The lowest BCUT2D eigenvalue weighted by molar-refractivity contribution is 0.167. The van der Waals surface area contributed by atoms with Crippen molar-refractivity contribution >= 4 is 0 Å². The van der Waals surface area contributed by atoms with Crippen LogP contribution in [0.3, 0.4) is 0 Å². The zero-order valence-corrected chi connectivity index (χ0v) is 8.92. The first kappa shape index (κ1) is 9.71. The fourth-order valence-corrected chi connectivity index (χ4v) is 2.03. The molecule has 0 spiro atoms. The molecule has 1 aliphatic rings. The van der Waals surface area contributed by atoms with Gasteiger partial charge in [-0.25, -0.2) is 4.98 Å². The maximum absolute atomic E-state index is 5.62. The predicted octanol–water partition coefficient (Wildman–Crippen LogP) is 2.21. The van der Waals surface area contributed by atoms with Crippen LogP contribution in [-0.4, -0.2) is 4.98 Å². The molecule has 0 amide bonds. The highest BCUT2D eigenvalue weighted by molar-refractivity contribution is 5.11. The molecule has 0 atom stereocenters. The molecule has 1 saturated carbocycles. The minimum Gasteiger partial charge on any atom is -0.444 e. The van der Waals surface area contributed by atoms with Gasteiger partial charge in [-0.3, -0.25) is 0 Å². The zero-order chi connectivity index (χ0) is 10.2. The first-order valence-corrected chi connectivity index (χ1v) is 5.30. The largest absolute Gasteiger partial charge is 0.444 e. The summed E-state index contributed by atoms with van der Waals surface area (Å²) in [5.74, 6) is 2.39. The van der Waals surface area contributed by atoms with E-state index in [0.717, 1.165) is 11.7 Å². The summed E-state index contributed by atoms with van der Waals surface area (Å²) in [4.78, 5) is 4.15. The van der Waals surface area contributed by atoms with Gasteiger partial charge in [-0.15, -0.1) is 0 Å².